The lowest BCUT2D eigenvalue weighted by molar-refractivity contribution is 0.153. The highest BCUT2D eigenvalue weighted by atomic mass is 19.4. The number of nitriles is 1. The molecule has 0 fully saturated rings. The van der Waals surface area contributed by atoms with Crippen LogP contribution in [0.5, 0.6) is 0 Å². The van der Waals surface area contributed by atoms with Crippen molar-refractivity contribution in [3.63, 3.8) is 0 Å². The van der Waals surface area contributed by atoms with Gasteiger partial charge in [-0.05, 0) is 6.44 Å². The Morgan fingerprint density at radius 3 is 2.43 bits per heavy atom. The second kappa shape index (κ2) is 6.68. The van der Waals surface area contributed by atoms with Crippen molar-refractivity contribution in [3.05, 3.63) is 0 Å². The molecule has 14 heavy (non-hydrogen) atoms. The van der Waals surface area contributed by atoms with Crippen LogP contribution in [0.4, 0.5) is 12.9 Å². The minimum atomic E-state index is -4.82. The van der Waals surface area contributed by atoms with E-state index in [-0.39, 0.29) is 26.1 Å². The Balaban J connectivity index is 3.91. The fraction of sp³-hybridized carbons (Fsp3) is 0.857. The van der Waals surface area contributed by atoms with Crippen molar-refractivity contribution in [2.75, 3.05) is 33.3 Å². The van der Waals surface area contributed by atoms with E-state index >= 15 is 0 Å². The van der Waals surface area contributed by atoms with Gasteiger partial charge >= 0.3 is 6.98 Å². The highest BCUT2D eigenvalue weighted by Crippen LogP contribution is 2.10. The third-order valence-electron chi connectivity index (χ3n) is 1.62. The number of rotatable bonds is 7. The Morgan fingerprint density at radius 2 is 2.00 bits per heavy atom. The number of nitrogens with zero attached hydrogens (tertiary/aromatic N) is 2. The number of methoxy groups -OCH3 is 1. The van der Waals surface area contributed by atoms with Gasteiger partial charge in [0.05, 0.1) is 12.7 Å². The zero-order valence-electron chi connectivity index (χ0n) is 8.05. The zero-order chi connectivity index (χ0) is 11.0. The summed E-state index contributed by atoms with van der Waals surface area (Å²) in [7, 11) is 1.43. The van der Waals surface area contributed by atoms with Crippen molar-refractivity contribution in [1.29, 1.82) is 5.26 Å². The van der Waals surface area contributed by atoms with E-state index in [1.54, 1.807) is 0 Å². The average molecular weight is 209 g/mol. The van der Waals surface area contributed by atoms with Gasteiger partial charge in [0.15, 0.2) is 0 Å². The first-order chi connectivity index (χ1) is 6.49. The van der Waals surface area contributed by atoms with Crippen LogP contribution in [0, 0.1) is 11.3 Å². The molecule has 0 saturated heterocycles. The molecule has 0 aliphatic rings. The summed E-state index contributed by atoms with van der Waals surface area (Å²) in [5, 5.41) is 8.25. The minimum absolute atomic E-state index is 0.107. The van der Waals surface area contributed by atoms with Crippen LogP contribution < -0.4 is 0 Å². The molecule has 82 valence electrons. The molecule has 0 aromatic carbocycles. The number of hydrogen-bond acceptors (Lipinski definition) is 3. The molecule has 0 aromatic heterocycles. The Hall–Kier alpha value is -0.735. The van der Waals surface area contributed by atoms with Gasteiger partial charge < -0.3 is 22.6 Å². The van der Waals surface area contributed by atoms with Crippen LogP contribution in [-0.2, 0) is 4.74 Å². The van der Waals surface area contributed by atoms with Crippen LogP contribution in [0.2, 0.25) is 0 Å². The zero-order valence-corrected chi connectivity index (χ0v) is 8.05. The third kappa shape index (κ3) is 7.89. The smallest absolute Gasteiger partial charge is 0.448 e. The van der Waals surface area contributed by atoms with E-state index in [0.717, 1.165) is 0 Å². The summed E-state index contributed by atoms with van der Waals surface area (Å²) in [6.45, 7) is -4.23. The molecular formula is C7H13BF3N2O-. The first-order valence-corrected chi connectivity index (χ1v) is 4.29. The topological polar surface area (TPSA) is 36.3 Å². The van der Waals surface area contributed by atoms with Gasteiger partial charge in [0.2, 0.25) is 0 Å². The molecule has 0 atom stereocenters. The monoisotopic (exact) mass is 209 g/mol. The average Bonchev–Trinajstić information content (AvgIpc) is 2.07. The van der Waals surface area contributed by atoms with Gasteiger partial charge in [-0.25, -0.2) is 0 Å². The Labute approximate surface area is 81.5 Å². The van der Waals surface area contributed by atoms with Crippen LogP contribution >= 0.6 is 0 Å². The third-order valence-corrected chi connectivity index (χ3v) is 1.62. The fourth-order valence-corrected chi connectivity index (χ4v) is 1.02. The second-order valence-electron chi connectivity index (χ2n) is 2.91. The van der Waals surface area contributed by atoms with E-state index < -0.39 is 13.4 Å². The highest BCUT2D eigenvalue weighted by Gasteiger charge is 2.25. The van der Waals surface area contributed by atoms with E-state index in [4.69, 9.17) is 5.26 Å². The summed E-state index contributed by atoms with van der Waals surface area (Å²) in [5.41, 5.74) is 0. The lowest BCUT2D eigenvalue weighted by atomic mass is 9.91. The Kier molecular flexibility index (Phi) is 6.33. The molecule has 0 aliphatic heterocycles. The van der Waals surface area contributed by atoms with E-state index in [0.29, 0.717) is 0 Å². The minimum Gasteiger partial charge on any atom is -0.448 e. The molecule has 0 unspecified atom stereocenters. The summed E-state index contributed by atoms with van der Waals surface area (Å²) < 4.78 is 40.9. The summed E-state index contributed by atoms with van der Waals surface area (Å²) in [5.74, 6) is 0. The summed E-state index contributed by atoms with van der Waals surface area (Å²) in [6.07, 6.45) is -0.819. The van der Waals surface area contributed by atoms with Crippen LogP contribution in [0.3, 0.4) is 0 Å². The number of halogens is 3. The molecule has 0 aliphatic carbocycles. The van der Waals surface area contributed by atoms with Crippen LogP contribution in [0.15, 0.2) is 0 Å². The van der Waals surface area contributed by atoms with Crippen LogP contribution in [-0.4, -0.2) is 45.1 Å². The predicted molar refractivity (Wildman–Crippen MR) is 47.6 cm³/mol. The largest absolute Gasteiger partial charge is 0.492 e. The highest BCUT2D eigenvalue weighted by molar-refractivity contribution is 6.58. The lowest BCUT2D eigenvalue weighted by Crippen LogP contribution is -2.40. The van der Waals surface area contributed by atoms with Crippen molar-refractivity contribution in [3.8, 4) is 6.07 Å². The van der Waals surface area contributed by atoms with Gasteiger partial charge in [0.1, 0.15) is 0 Å². The Bertz CT molecular complexity index is 192. The SMILES string of the molecule is COCCN(CCC#N)C[B-](F)(F)F. The van der Waals surface area contributed by atoms with Crippen molar-refractivity contribution in [2.45, 2.75) is 6.42 Å². The molecule has 0 bridgehead atoms. The van der Waals surface area contributed by atoms with Crippen LogP contribution in [0.1, 0.15) is 6.42 Å². The van der Waals surface area contributed by atoms with Crippen LogP contribution in [0.25, 0.3) is 0 Å². The first kappa shape index (κ1) is 13.3. The normalized spacial score (nSPS) is 11.7. The van der Waals surface area contributed by atoms with Crippen molar-refractivity contribution >= 4 is 6.98 Å². The fourth-order valence-electron chi connectivity index (χ4n) is 1.02. The van der Waals surface area contributed by atoms with Crippen molar-refractivity contribution < 1.29 is 17.7 Å². The molecule has 7 heteroatoms. The summed E-state index contributed by atoms with van der Waals surface area (Å²) in [6, 6.07) is 1.82. The maximum atomic E-state index is 12.1. The molecule has 0 rings (SSSR count). The number of hydrogen-bond donors (Lipinski definition) is 0. The molecule has 0 N–H and O–H groups in total. The van der Waals surface area contributed by atoms with E-state index in [2.05, 4.69) is 4.74 Å². The molecule has 0 spiro atoms. The molecule has 0 aromatic rings. The predicted octanol–water partition coefficient (Wildman–Crippen LogP) is 1.24. The Morgan fingerprint density at radius 1 is 1.36 bits per heavy atom. The van der Waals surface area contributed by atoms with E-state index in [1.807, 2.05) is 6.07 Å². The number of ether oxygens (including phenoxy) is 1. The van der Waals surface area contributed by atoms with Gasteiger partial charge in [-0.1, -0.05) is 0 Å². The quantitative estimate of drug-likeness (QED) is 0.591. The summed E-state index contributed by atoms with van der Waals surface area (Å²) in [4.78, 5) is 1.19. The van der Waals surface area contributed by atoms with Gasteiger partial charge in [0, 0.05) is 26.6 Å². The molecule has 0 saturated carbocycles. The standard InChI is InChI=1S/C7H13BF3N2O/c1-14-6-5-13(4-2-3-12)7-8(9,10)11/h2,4-7H2,1H3/q-1. The maximum absolute atomic E-state index is 12.1. The van der Waals surface area contributed by atoms with Gasteiger partial charge in [-0.15, -0.1) is 0 Å². The first-order valence-electron chi connectivity index (χ1n) is 4.29. The molecule has 0 amide bonds. The van der Waals surface area contributed by atoms with Gasteiger partial charge in [-0.2, -0.15) is 5.26 Å². The van der Waals surface area contributed by atoms with Gasteiger partial charge in [-0.3, -0.25) is 0 Å². The lowest BCUT2D eigenvalue weighted by Gasteiger charge is -2.26. The molecule has 0 radical (unpaired) electrons. The van der Waals surface area contributed by atoms with E-state index in [1.165, 1.54) is 12.0 Å². The van der Waals surface area contributed by atoms with Crippen molar-refractivity contribution in [1.82, 2.24) is 4.90 Å². The molecular weight excluding hydrogens is 196 g/mol. The van der Waals surface area contributed by atoms with E-state index in [9.17, 15) is 12.9 Å². The summed E-state index contributed by atoms with van der Waals surface area (Å²) >= 11 is 0. The van der Waals surface area contributed by atoms with Crippen molar-refractivity contribution in [2.24, 2.45) is 0 Å². The second-order valence-corrected chi connectivity index (χ2v) is 2.91. The molecule has 3 nitrogen and oxygen atoms in total. The van der Waals surface area contributed by atoms with Gasteiger partial charge in [0.25, 0.3) is 0 Å². The molecule has 0 heterocycles. The maximum Gasteiger partial charge on any atom is 0.492 e.